The summed E-state index contributed by atoms with van der Waals surface area (Å²) in [7, 11) is 0. The standard InChI is InChI=1S/C14H16F11NO2/c1-6-3-4-8(5-7(6)2)26-9(27)10(15,12(18,19)20)28-14(24,25)11(16,17)13(21,22)23/h6-8H,3-5H2,1-2H3,(H,26,27). The number of ether oxygens (including phenoxy) is 1. The molecule has 1 N–H and O–H groups in total. The monoisotopic (exact) mass is 439 g/mol. The van der Waals surface area contributed by atoms with Crippen LogP contribution in [0.3, 0.4) is 0 Å². The molecule has 0 bridgehead atoms. The van der Waals surface area contributed by atoms with Gasteiger partial charge in [0.1, 0.15) is 0 Å². The van der Waals surface area contributed by atoms with Crippen LogP contribution in [0.2, 0.25) is 0 Å². The lowest BCUT2D eigenvalue weighted by Crippen LogP contribution is -2.64. The number of rotatable bonds is 5. The number of carbonyl (C=O) groups is 1. The van der Waals surface area contributed by atoms with E-state index in [2.05, 4.69) is 4.74 Å². The lowest BCUT2D eigenvalue weighted by molar-refractivity contribution is -0.473. The lowest BCUT2D eigenvalue weighted by Gasteiger charge is -2.36. The average Bonchev–Trinajstić information content (AvgIpc) is 2.48. The van der Waals surface area contributed by atoms with E-state index in [-0.39, 0.29) is 24.7 Å². The molecule has 14 heteroatoms. The van der Waals surface area contributed by atoms with Crippen molar-refractivity contribution in [2.24, 2.45) is 11.8 Å². The molecule has 4 atom stereocenters. The number of hydrogen-bond acceptors (Lipinski definition) is 2. The average molecular weight is 439 g/mol. The Bertz CT molecular complexity index is 575. The van der Waals surface area contributed by atoms with Crippen LogP contribution >= 0.6 is 0 Å². The molecular formula is C14H16F11NO2. The predicted octanol–water partition coefficient (Wildman–Crippen LogP) is 4.96. The van der Waals surface area contributed by atoms with Crippen molar-refractivity contribution in [3.05, 3.63) is 0 Å². The van der Waals surface area contributed by atoms with E-state index in [1.54, 1.807) is 13.8 Å². The lowest BCUT2D eigenvalue weighted by atomic mass is 9.79. The molecule has 1 aliphatic carbocycles. The van der Waals surface area contributed by atoms with Crippen molar-refractivity contribution in [2.45, 2.75) is 69.4 Å². The minimum atomic E-state index is -7.20. The Morgan fingerprint density at radius 3 is 1.71 bits per heavy atom. The molecule has 0 aromatic carbocycles. The van der Waals surface area contributed by atoms with Crippen molar-refractivity contribution >= 4 is 5.91 Å². The Labute approximate surface area is 151 Å². The Kier molecular flexibility index (Phi) is 6.60. The zero-order chi connectivity index (χ0) is 22.3. The first-order chi connectivity index (χ1) is 12.3. The fourth-order valence-corrected chi connectivity index (χ4v) is 2.60. The van der Waals surface area contributed by atoms with Crippen molar-refractivity contribution in [3.63, 3.8) is 0 Å². The molecule has 1 aliphatic rings. The van der Waals surface area contributed by atoms with E-state index >= 15 is 0 Å². The van der Waals surface area contributed by atoms with Gasteiger partial charge in [-0.15, -0.1) is 0 Å². The molecule has 166 valence electrons. The highest BCUT2D eigenvalue weighted by molar-refractivity contribution is 5.84. The molecule has 4 unspecified atom stereocenters. The zero-order valence-corrected chi connectivity index (χ0v) is 14.3. The maximum atomic E-state index is 14.1. The Morgan fingerprint density at radius 2 is 1.32 bits per heavy atom. The summed E-state index contributed by atoms with van der Waals surface area (Å²) in [5.41, 5.74) is 0. The molecule has 0 heterocycles. The van der Waals surface area contributed by atoms with Gasteiger partial charge < -0.3 is 5.32 Å². The summed E-state index contributed by atoms with van der Waals surface area (Å²) in [6, 6.07) is -1.14. The summed E-state index contributed by atoms with van der Waals surface area (Å²) in [6.07, 6.45) is -20.4. The van der Waals surface area contributed by atoms with Crippen molar-refractivity contribution in [3.8, 4) is 0 Å². The molecular weight excluding hydrogens is 423 g/mol. The van der Waals surface area contributed by atoms with Gasteiger partial charge in [-0.25, -0.2) is 0 Å². The molecule has 1 amide bonds. The second-order valence-corrected chi connectivity index (χ2v) is 6.72. The van der Waals surface area contributed by atoms with Gasteiger partial charge in [0.2, 0.25) is 0 Å². The highest BCUT2D eigenvalue weighted by Gasteiger charge is 2.79. The Morgan fingerprint density at radius 1 is 0.821 bits per heavy atom. The summed E-state index contributed by atoms with van der Waals surface area (Å²) in [5, 5.41) is 1.41. The fourth-order valence-electron chi connectivity index (χ4n) is 2.60. The van der Waals surface area contributed by atoms with E-state index < -0.39 is 42.2 Å². The summed E-state index contributed by atoms with van der Waals surface area (Å²) < 4.78 is 143. The maximum absolute atomic E-state index is 14.1. The highest BCUT2D eigenvalue weighted by atomic mass is 19.4. The van der Waals surface area contributed by atoms with Crippen LogP contribution in [-0.4, -0.2) is 42.2 Å². The maximum Gasteiger partial charge on any atom is 0.462 e. The normalized spacial score (nSPS) is 27.2. The molecule has 1 rings (SSSR count). The van der Waals surface area contributed by atoms with Crippen molar-refractivity contribution in [1.29, 1.82) is 0 Å². The van der Waals surface area contributed by atoms with Crippen LogP contribution in [0.15, 0.2) is 0 Å². The van der Waals surface area contributed by atoms with Gasteiger partial charge in [-0.1, -0.05) is 13.8 Å². The first kappa shape index (κ1) is 24.7. The van der Waals surface area contributed by atoms with Gasteiger partial charge in [0.15, 0.2) is 0 Å². The van der Waals surface area contributed by atoms with Gasteiger partial charge in [-0.3, -0.25) is 9.53 Å². The van der Waals surface area contributed by atoms with E-state index in [1.165, 1.54) is 5.32 Å². The molecule has 0 radical (unpaired) electrons. The summed E-state index contributed by atoms with van der Waals surface area (Å²) in [6.45, 7) is 3.42. The Balaban J connectivity index is 3.14. The summed E-state index contributed by atoms with van der Waals surface area (Å²) in [5.74, 6) is -16.4. The van der Waals surface area contributed by atoms with Crippen molar-refractivity contribution in [1.82, 2.24) is 5.32 Å². The van der Waals surface area contributed by atoms with Crippen LogP contribution < -0.4 is 5.32 Å². The minimum Gasteiger partial charge on any atom is -0.348 e. The third-order valence-electron chi connectivity index (χ3n) is 4.58. The molecule has 3 nitrogen and oxygen atoms in total. The third kappa shape index (κ3) is 4.62. The van der Waals surface area contributed by atoms with Gasteiger partial charge >= 0.3 is 30.2 Å². The molecule has 1 saturated carbocycles. The Hall–Kier alpha value is -1.34. The van der Waals surface area contributed by atoms with Gasteiger partial charge in [-0.2, -0.15) is 48.3 Å². The smallest absolute Gasteiger partial charge is 0.348 e. The number of carbonyl (C=O) groups excluding carboxylic acids is 1. The summed E-state index contributed by atoms with van der Waals surface area (Å²) >= 11 is 0. The quantitative estimate of drug-likeness (QED) is 0.615. The number of hydrogen-bond donors (Lipinski definition) is 1. The number of alkyl halides is 11. The van der Waals surface area contributed by atoms with Crippen molar-refractivity contribution in [2.75, 3.05) is 0 Å². The minimum absolute atomic E-state index is 0.00987. The molecule has 0 saturated heterocycles. The van der Waals surface area contributed by atoms with E-state index in [4.69, 9.17) is 0 Å². The van der Waals surface area contributed by atoms with Crippen LogP contribution in [0.1, 0.15) is 33.1 Å². The topological polar surface area (TPSA) is 38.3 Å². The molecule has 0 aromatic heterocycles. The second-order valence-electron chi connectivity index (χ2n) is 6.72. The zero-order valence-electron chi connectivity index (χ0n) is 14.3. The van der Waals surface area contributed by atoms with Gasteiger partial charge in [-0.05, 0) is 31.1 Å². The molecule has 0 aromatic rings. The molecule has 0 aliphatic heterocycles. The molecule has 1 fully saturated rings. The number of amides is 1. The van der Waals surface area contributed by atoms with E-state index in [0.717, 1.165) is 0 Å². The SMILES string of the molecule is CC1CCC(NC(=O)C(F)(OC(F)(F)C(F)(F)C(F)(F)F)C(F)(F)F)CC1C. The third-order valence-corrected chi connectivity index (χ3v) is 4.58. The summed E-state index contributed by atoms with van der Waals surface area (Å²) in [4.78, 5) is 11.6. The van der Waals surface area contributed by atoms with Crippen LogP contribution in [0.4, 0.5) is 48.3 Å². The van der Waals surface area contributed by atoms with Crippen LogP contribution in [0.5, 0.6) is 0 Å². The number of nitrogens with one attached hydrogen (secondary N) is 1. The highest BCUT2D eigenvalue weighted by Crippen LogP contribution is 2.51. The molecule has 28 heavy (non-hydrogen) atoms. The van der Waals surface area contributed by atoms with Crippen molar-refractivity contribution < 1.29 is 57.8 Å². The van der Waals surface area contributed by atoms with Crippen LogP contribution in [-0.2, 0) is 9.53 Å². The second kappa shape index (κ2) is 7.48. The molecule has 0 spiro atoms. The fraction of sp³-hybridized carbons (Fsp3) is 0.929. The van der Waals surface area contributed by atoms with E-state index in [1.807, 2.05) is 0 Å². The first-order valence-electron chi connectivity index (χ1n) is 7.85. The van der Waals surface area contributed by atoms with E-state index in [9.17, 15) is 53.1 Å². The predicted molar refractivity (Wildman–Crippen MR) is 71.0 cm³/mol. The van der Waals surface area contributed by atoms with E-state index in [0.29, 0.717) is 6.42 Å². The first-order valence-corrected chi connectivity index (χ1v) is 7.85. The van der Waals surface area contributed by atoms with Crippen LogP contribution in [0.25, 0.3) is 0 Å². The van der Waals surface area contributed by atoms with Crippen LogP contribution in [0, 0.1) is 11.8 Å². The van der Waals surface area contributed by atoms with Gasteiger partial charge in [0.25, 0.3) is 5.91 Å². The van der Waals surface area contributed by atoms with Gasteiger partial charge in [0, 0.05) is 6.04 Å². The largest absolute Gasteiger partial charge is 0.462 e. The van der Waals surface area contributed by atoms with Gasteiger partial charge in [0.05, 0.1) is 0 Å². The number of halogens is 11.